The number of nitrogens with one attached hydrogen (secondary N) is 1. The van der Waals surface area contributed by atoms with Gasteiger partial charge in [0.15, 0.2) is 5.82 Å². The first-order valence-corrected chi connectivity index (χ1v) is 9.61. The Labute approximate surface area is 170 Å². The number of aromatic nitrogens is 3. The fourth-order valence-electron chi connectivity index (χ4n) is 3.17. The molecule has 7 heteroatoms. The van der Waals surface area contributed by atoms with Crippen LogP contribution in [0.4, 0.5) is 5.82 Å². The maximum Gasteiger partial charge on any atom is 0.339 e. The smallest absolute Gasteiger partial charge is 0.339 e. The van der Waals surface area contributed by atoms with Crippen LogP contribution < -0.4 is 5.32 Å². The van der Waals surface area contributed by atoms with Gasteiger partial charge in [0.1, 0.15) is 5.52 Å². The van der Waals surface area contributed by atoms with Gasteiger partial charge in [0, 0.05) is 11.0 Å². The number of imidazole rings is 1. The summed E-state index contributed by atoms with van der Waals surface area (Å²) in [5.74, 6) is 0.333. The number of halogens is 1. The average Bonchev–Trinajstić information content (AvgIpc) is 3.17. The molecule has 4 rings (SSSR count). The van der Waals surface area contributed by atoms with Gasteiger partial charge in [-0.05, 0) is 58.6 Å². The Morgan fingerprint density at radius 3 is 2.75 bits per heavy atom. The van der Waals surface area contributed by atoms with E-state index in [1.807, 2.05) is 10.5 Å². The first kappa shape index (κ1) is 18.4. The Morgan fingerprint density at radius 2 is 2.00 bits per heavy atom. The minimum Gasteiger partial charge on any atom is -0.465 e. The van der Waals surface area contributed by atoms with Gasteiger partial charge in [-0.1, -0.05) is 18.2 Å². The van der Waals surface area contributed by atoms with Gasteiger partial charge in [-0.3, -0.25) is 4.40 Å². The molecule has 0 amide bonds. The first-order chi connectivity index (χ1) is 13.5. The van der Waals surface area contributed by atoms with Crippen LogP contribution in [0.1, 0.15) is 27.0 Å². The summed E-state index contributed by atoms with van der Waals surface area (Å²) in [7, 11) is 1.36. The third-order valence-electron chi connectivity index (χ3n) is 4.87. The van der Waals surface area contributed by atoms with Crippen molar-refractivity contribution in [2.75, 3.05) is 12.4 Å². The van der Waals surface area contributed by atoms with Crippen LogP contribution in [0, 0.1) is 13.8 Å². The van der Waals surface area contributed by atoms with E-state index >= 15 is 0 Å². The average molecular weight is 439 g/mol. The number of benzene rings is 2. The van der Waals surface area contributed by atoms with Crippen molar-refractivity contribution < 1.29 is 9.53 Å². The number of rotatable bonds is 4. The Balaban J connectivity index is 1.77. The molecule has 0 aliphatic rings. The van der Waals surface area contributed by atoms with Gasteiger partial charge in [-0.2, -0.15) is 0 Å². The Bertz CT molecular complexity index is 1220. The Kier molecular flexibility index (Phi) is 4.77. The van der Waals surface area contributed by atoms with Crippen molar-refractivity contribution in [2.45, 2.75) is 20.4 Å². The molecule has 28 heavy (non-hydrogen) atoms. The van der Waals surface area contributed by atoms with Gasteiger partial charge in [-0.15, -0.1) is 0 Å². The van der Waals surface area contributed by atoms with Gasteiger partial charge in [0.2, 0.25) is 0 Å². The number of nitrogens with zero attached hydrogens (tertiary/aromatic N) is 3. The summed E-state index contributed by atoms with van der Waals surface area (Å²) in [5.41, 5.74) is 6.54. The molecule has 6 nitrogen and oxygen atoms in total. The molecule has 0 saturated carbocycles. The first-order valence-electron chi connectivity index (χ1n) is 8.81. The van der Waals surface area contributed by atoms with Crippen molar-refractivity contribution in [2.24, 2.45) is 0 Å². The number of ether oxygens (including phenoxy) is 1. The maximum absolute atomic E-state index is 12.0. The summed E-state index contributed by atoms with van der Waals surface area (Å²) in [5, 5.41) is 3.42. The lowest BCUT2D eigenvalue weighted by Gasteiger charge is -2.12. The second-order valence-corrected chi connectivity index (χ2v) is 7.55. The minimum atomic E-state index is -0.404. The van der Waals surface area contributed by atoms with E-state index in [-0.39, 0.29) is 0 Å². The lowest BCUT2D eigenvalue weighted by molar-refractivity contribution is 0.0600. The third-order valence-corrected chi connectivity index (χ3v) is 5.53. The van der Waals surface area contributed by atoms with Gasteiger partial charge in [0.05, 0.1) is 36.2 Å². The SMILES string of the molecule is COC(=O)c1cc2c(cc1Br)nc(NCc1ccc(C)c(C)c1)c1cncn12. The highest BCUT2D eigenvalue weighted by Crippen LogP contribution is 2.28. The van der Waals surface area contributed by atoms with Crippen molar-refractivity contribution in [1.82, 2.24) is 14.4 Å². The molecular weight excluding hydrogens is 420 g/mol. The molecule has 142 valence electrons. The number of methoxy groups -OCH3 is 1. The van der Waals surface area contributed by atoms with Crippen LogP contribution in [0.15, 0.2) is 47.3 Å². The van der Waals surface area contributed by atoms with Crippen LogP contribution in [0.25, 0.3) is 16.6 Å². The Hall–Kier alpha value is -2.93. The molecular formula is C21H19BrN4O2. The van der Waals surface area contributed by atoms with Crippen molar-refractivity contribution in [3.8, 4) is 0 Å². The zero-order valence-electron chi connectivity index (χ0n) is 15.8. The largest absolute Gasteiger partial charge is 0.465 e. The van der Waals surface area contributed by atoms with E-state index in [2.05, 4.69) is 58.3 Å². The van der Waals surface area contributed by atoms with Crippen molar-refractivity contribution in [3.63, 3.8) is 0 Å². The standard InChI is InChI=1S/C21H19BrN4O2/c1-12-4-5-14(6-13(12)2)9-24-20-19-10-23-11-26(19)18-7-15(21(27)28-3)16(22)8-17(18)25-20/h4-8,10-11H,9H2,1-3H3,(H,24,25). The van der Waals surface area contributed by atoms with Crippen molar-refractivity contribution in [1.29, 1.82) is 0 Å². The zero-order chi connectivity index (χ0) is 19.8. The summed E-state index contributed by atoms with van der Waals surface area (Å²) < 4.78 is 7.42. The molecule has 2 aromatic carbocycles. The van der Waals surface area contributed by atoms with E-state index in [1.165, 1.54) is 23.8 Å². The van der Waals surface area contributed by atoms with Crippen LogP contribution in [0.2, 0.25) is 0 Å². The summed E-state index contributed by atoms with van der Waals surface area (Å²) in [6, 6.07) is 10.0. The van der Waals surface area contributed by atoms with Gasteiger partial charge in [0.25, 0.3) is 0 Å². The molecule has 0 spiro atoms. The van der Waals surface area contributed by atoms with Crippen LogP contribution in [-0.2, 0) is 11.3 Å². The summed E-state index contributed by atoms with van der Waals surface area (Å²) in [6.45, 7) is 4.87. The molecule has 0 aliphatic carbocycles. The molecule has 2 aromatic heterocycles. The monoisotopic (exact) mass is 438 g/mol. The van der Waals surface area contributed by atoms with Crippen LogP contribution >= 0.6 is 15.9 Å². The fraction of sp³-hybridized carbons (Fsp3) is 0.190. The molecule has 1 N–H and O–H groups in total. The highest BCUT2D eigenvalue weighted by Gasteiger charge is 2.16. The second kappa shape index (κ2) is 7.24. The normalized spacial score (nSPS) is 11.1. The number of esters is 1. The molecule has 0 bridgehead atoms. The predicted octanol–water partition coefficient (Wildman–Crippen LogP) is 4.66. The van der Waals surface area contributed by atoms with E-state index in [1.54, 1.807) is 18.6 Å². The van der Waals surface area contributed by atoms with E-state index in [4.69, 9.17) is 9.72 Å². The summed E-state index contributed by atoms with van der Waals surface area (Å²) in [4.78, 5) is 21.0. The molecule has 0 unspecified atom stereocenters. The summed E-state index contributed by atoms with van der Waals surface area (Å²) in [6.07, 6.45) is 3.48. The third kappa shape index (κ3) is 3.22. The number of carbonyl (C=O) groups is 1. The second-order valence-electron chi connectivity index (χ2n) is 6.69. The number of hydrogen-bond acceptors (Lipinski definition) is 5. The molecule has 4 aromatic rings. The zero-order valence-corrected chi connectivity index (χ0v) is 17.4. The molecule has 0 saturated heterocycles. The molecule has 2 heterocycles. The van der Waals surface area contributed by atoms with E-state index in [9.17, 15) is 4.79 Å². The quantitative estimate of drug-likeness (QED) is 0.469. The summed E-state index contributed by atoms with van der Waals surface area (Å²) >= 11 is 3.44. The Morgan fingerprint density at radius 1 is 1.18 bits per heavy atom. The lowest BCUT2D eigenvalue weighted by atomic mass is 10.1. The molecule has 0 atom stereocenters. The molecule has 0 fully saturated rings. The van der Waals surface area contributed by atoms with Crippen LogP contribution in [0.3, 0.4) is 0 Å². The number of carbonyl (C=O) groups excluding carboxylic acids is 1. The minimum absolute atomic E-state index is 0.404. The highest BCUT2D eigenvalue weighted by atomic mass is 79.9. The predicted molar refractivity (Wildman–Crippen MR) is 113 cm³/mol. The fourth-order valence-corrected chi connectivity index (χ4v) is 3.66. The number of aryl methyl sites for hydroxylation is 2. The van der Waals surface area contributed by atoms with Crippen LogP contribution in [0.5, 0.6) is 0 Å². The van der Waals surface area contributed by atoms with Crippen LogP contribution in [-0.4, -0.2) is 27.4 Å². The molecule has 0 radical (unpaired) electrons. The van der Waals surface area contributed by atoms with E-state index in [0.717, 1.165) is 22.4 Å². The number of fused-ring (bicyclic) bond motifs is 3. The van der Waals surface area contributed by atoms with E-state index in [0.29, 0.717) is 16.6 Å². The molecule has 0 aliphatic heterocycles. The van der Waals surface area contributed by atoms with E-state index < -0.39 is 5.97 Å². The maximum atomic E-state index is 12.0. The van der Waals surface area contributed by atoms with Crippen molar-refractivity contribution in [3.05, 3.63) is 69.6 Å². The number of hydrogen-bond donors (Lipinski definition) is 1. The lowest BCUT2D eigenvalue weighted by Crippen LogP contribution is -2.06. The topological polar surface area (TPSA) is 68.5 Å². The van der Waals surface area contributed by atoms with Gasteiger partial charge >= 0.3 is 5.97 Å². The van der Waals surface area contributed by atoms with Gasteiger partial charge in [-0.25, -0.2) is 14.8 Å². The number of anilines is 1. The van der Waals surface area contributed by atoms with Crippen molar-refractivity contribution >= 4 is 44.3 Å². The van der Waals surface area contributed by atoms with Gasteiger partial charge < -0.3 is 10.1 Å². The highest BCUT2D eigenvalue weighted by molar-refractivity contribution is 9.10.